The summed E-state index contributed by atoms with van der Waals surface area (Å²) in [4.78, 5) is 12.1. The molecule has 0 heterocycles. The van der Waals surface area contributed by atoms with Gasteiger partial charge in [0.25, 0.3) is 0 Å². The van der Waals surface area contributed by atoms with Crippen LogP contribution in [0.2, 0.25) is 10.0 Å². The van der Waals surface area contributed by atoms with Crippen molar-refractivity contribution in [3.63, 3.8) is 0 Å². The summed E-state index contributed by atoms with van der Waals surface area (Å²) < 4.78 is 9.96. The first-order chi connectivity index (χ1) is 10.6. The van der Waals surface area contributed by atoms with Gasteiger partial charge in [0.05, 0.1) is 19.2 Å². The Kier molecular flexibility index (Phi) is 5.52. The number of hydrogen-bond donors (Lipinski definition) is 1. The van der Waals surface area contributed by atoms with Crippen molar-refractivity contribution in [2.24, 2.45) is 0 Å². The van der Waals surface area contributed by atoms with E-state index in [4.69, 9.17) is 32.7 Å². The van der Waals surface area contributed by atoms with Crippen molar-refractivity contribution in [1.82, 2.24) is 0 Å². The molecule has 0 bridgehead atoms. The molecule has 1 atom stereocenters. The van der Waals surface area contributed by atoms with Crippen molar-refractivity contribution < 1.29 is 14.3 Å². The summed E-state index contributed by atoms with van der Waals surface area (Å²) >= 11 is 12.3. The van der Waals surface area contributed by atoms with E-state index >= 15 is 0 Å². The van der Waals surface area contributed by atoms with E-state index in [-0.39, 0.29) is 0 Å². The highest BCUT2D eigenvalue weighted by Gasteiger charge is 2.23. The summed E-state index contributed by atoms with van der Waals surface area (Å²) in [5, 5.41) is 4.00. The Bertz CT molecular complexity index is 676. The Morgan fingerprint density at radius 1 is 1.09 bits per heavy atom. The normalized spacial score (nSPS) is 11.6. The molecule has 1 unspecified atom stereocenters. The molecule has 2 rings (SSSR count). The molecule has 0 aliphatic carbocycles. The number of halogens is 2. The van der Waals surface area contributed by atoms with Gasteiger partial charge in [-0.1, -0.05) is 41.4 Å². The van der Waals surface area contributed by atoms with Crippen molar-refractivity contribution in [1.29, 1.82) is 0 Å². The molecule has 1 N–H and O–H groups in total. The Morgan fingerprint density at radius 2 is 1.82 bits per heavy atom. The monoisotopic (exact) mass is 339 g/mol. The number of benzene rings is 2. The quantitative estimate of drug-likeness (QED) is 0.823. The molecule has 6 heteroatoms. The average Bonchev–Trinajstić information content (AvgIpc) is 2.53. The van der Waals surface area contributed by atoms with Gasteiger partial charge in [-0.2, -0.15) is 0 Å². The van der Waals surface area contributed by atoms with Crippen LogP contribution in [-0.2, 0) is 9.53 Å². The Hall–Kier alpha value is -1.91. The Balaban J connectivity index is 2.34. The summed E-state index contributed by atoms with van der Waals surface area (Å²) in [5.74, 6) is 0.111. The minimum absolute atomic E-state index is 0.440. The molecule has 0 fully saturated rings. The smallest absolute Gasteiger partial charge is 0.333 e. The fourth-order valence-corrected chi connectivity index (χ4v) is 2.52. The van der Waals surface area contributed by atoms with Crippen LogP contribution in [0, 0.1) is 0 Å². The number of esters is 1. The maximum atomic E-state index is 12.1. The lowest BCUT2D eigenvalue weighted by atomic mass is 10.1. The zero-order valence-corrected chi connectivity index (χ0v) is 13.6. The topological polar surface area (TPSA) is 47.6 Å². The minimum atomic E-state index is -0.733. The summed E-state index contributed by atoms with van der Waals surface area (Å²) in [6.07, 6.45) is 0. The predicted octanol–water partition coefficient (Wildman–Crippen LogP) is 4.33. The van der Waals surface area contributed by atoms with Gasteiger partial charge in [0.2, 0.25) is 0 Å². The van der Waals surface area contributed by atoms with E-state index in [1.165, 1.54) is 14.2 Å². The van der Waals surface area contributed by atoms with Crippen molar-refractivity contribution in [3.05, 3.63) is 58.1 Å². The highest BCUT2D eigenvalue weighted by Crippen LogP contribution is 2.31. The molecule has 116 valence electrons. The molecular formula is C16H15Cl2NO3. The number of carbonyl (C=O) groups excluding carboxylic acids is 1. The number of rotatable bonds is 5. The summed E-state index contributed by atoms with van der Waals surface area (Å²) in [6, 6.07) is 11.5. The SMILES string of the molecule is COC(=O)C(Nc1ccc(OC)c(Cl)c1)c1ccccc1Cl. The second kappa shape index (κ2) is 7.38. The van der Waals surface area contributed by atoms with Crippen LogP contribution in [0.5, 0.6) is 5.75 Å². The van der Waals surface area contributed by atoms with Gasteiger partial charge >= 0.3 is 5.97 Å². The van der Waals surface area contributed by atoms with Gasteiger partial charge in [0, 0.05) is 16.3 Å². The third-order valence-corrected chi connectivity index (χ3v) is 3.76. The first-order valence-corrected chi connectivity index (χ1v) is 7.24. The number of anilines is 1. The standard InChI is InChI=1S/C16H15Cl2NO3/c1-21-14-8-7-10(9-13(14)18)19-15(16(20)22-2)11-5-3-4-6-12(11)17/h3-9,15,19H,1-2H3. The minimum Gasteiger partial charge on any atom is -0.495 e. The zero-order valence-electron chi connectivity index (χ0n) is 12.1. The molecule has 0 aromatic heterocycles. The number of methoxy groups -OCH3 is 2. The van der Waals surface area contributed by atoms with Gasteiger partial charge in [-0.25, -0.2) is 4.79 Å². The molecule has 0 saturated heterocycles. The van der Waals surface area contributed by atoms with Crippen molar-refractivity contribution in [2.45, 2.75) is 6.04 Å². The zero-order chi connectivity index (χ0) is 16.1. The Morgan fingerprint density at radius 3 is 2.41 bits per heavy atom. The molecule has 0 radical (unpaired) electrons. The molecule has 0 aliphatic heterocycles. The lowest BCUT2D eigenvalue weighted by Gasteiger charge is -2.19. The number of carbonyl (C=O) groups is 1. The average molecular weight is 340 g/mol. The van der Waals surface area contributed by atoms with E-state index in [2.05, 4.69) is 5.32 Å². The molecule has 22 heavy (non-hydrogen) atoms. The second-order valence-corrected chi connectivity index (χ2v) is 5.29. The van der Waals surface area contributed by atoms with Crippen LogP contribution >= 0.6 is 23.2 Å². The van der Waals surface area contributed by atoms with E-state index < -0.39 is 12.0 Å². The third kappa shape index (κ3) is 3.64. The summed E-state index contributed by atoms with van der Waals surface area (Å²) in [7, 11) is 2.87. The van der Waals surface area contributed by atoms with Crippen molar-refractivity contribution >= 4 is 34.9 Å². The fraction of sp³-hybridized carbons (Fsp3) is 0.188. The molecular weight excluding hydrogens is 325 g/mol. The second-order valence-electron chi connectivity index (χ2n) is 4.47. The summed E-state index contributed by atoms with van der Waals surface area (Å²) in [5.41, 5.74) is 1.28. The molecule has 0 saturated carbocycles. The summed E-state index contributed by atoms with van der Waals surface area (Å²) in [6.45, 7) is 0. The van der Waals surface area contributed by atoms with E-state index in [0.29, 0.717) is 27.0 Å². The van der Waals surface area contributed by atoms with Crippen LogP contribution in [0.3, 0.4) is 0 Å². The molecule has 4 nitrogen and oxygen atoms in total. The van der Waals surface area contributed by atoms with Gasteiger partial charge in [-0.15, -0.1) is 0 Å². The fourth-order valence-electron chi connectivity index (χ4n) is 2.01. The predicted molar refractivity (Wildman–Crippen MR) is 87.8 cm³/mol. The van der Waals surface area contributed by atoms with Crippen molar-refractivity contribution in [2.75, 3.05) is 19.5 Å². The van der Waals surface area contributed by atoms with Gasteiger partial charge in [-0.05, 0) is 24.3 Å². The van der Waals surface area contributed by atoms with E-state index in [0.717, 1.165) is 0 Å². The van der Waals surface area contributed by atoms with Gasteiger partial charge < -0.3 is 14.8 Å². The van der Waals surface area contributed by atoms with Crippen LogP contribution in [0.25, 0.3) is 0 Å². The molecule has 2 aromatic rings. The first-order valence-electron chi connectivity index (χ1n) is 6.49. The maximum absolute atomic E-state index is 12.1. The highest BCUT2D eigenvalue weighted by atomic mass is 35.5. The van der Waals surface area contributed by atoms with Gasteiger partial charge in [0.15, 0.2) is 6.04 Å². The molecule has 0 aliphatic rings. The van der Waals surface area contributed by atoms with Gasteiger partial charge in [0.1, 0.15) is 5.75 Å². The Labute approximate surface area is 138 Å². The van der Waals surface area contributed by atoms with Crippen LogP contribution in [0.1, 0.15) is 11.6 Å². The largest absolute Gasteiger partial charge is 0.495 e. The van der Waals surface area contributed by atoms with E-state index in [1.807, 2.05) is 0 Å². The van der Waals surface area contributed by atoms with Crippen LogP contribution in [0.4, 0.5) is 5.69 Å². The molecule has 0 amide bonds. The molecule has 0 spiro atoms. The van der Waals surface area contributed by atoms with Crippen LogP contribution < -0.4 is 10.1 Å². The van der Waals surface area contributed by atoms with E-state index in [9.17, 15) is 4.79 Å². The van der Waals surface area contributed by atoms with Crippen molar-refractivity contribution in [3.8, 4) is 5.75 Å². The maximum Gasteiger partial charge on any atom is 0.333 e. The highest BCUT2D eigenvalue weighted by molar-refractivity contribution is 6.32. The van der Waals surface area contributed by atoms with Crippen LogP contribution in [0.15, 0.2) is 42.5 Å². The third-order valence-electron chi connectivity index (χ3n) is 3.12. The van der Waals surface area contributed by atoms with Gasteiger partial charge in [-0.3, -0.25) is 0 Å². The first kappa shape index (κ1) is 16.5. The lowest BCUT2D eigenvalue weighted by Crippen LogP contribution is -2.22. The number of hydrogen-bond acceptors (Lipinski definition) is 4. The lowest BCUT2D eigenvalue weighted by molar-refractivity contribution is -0.141. The van der Waals surface area contributed by atoms with E-state index in [1.54, 1.807) is 42.5 Å². The number of nitrogens with one attached hydrogen (secondary N) is 1. The molecule has 2 aromatic carbocycles. The van der Waals surface area contributed by atoms with Crippen LogP contribution in [-0.4, -0.2) is 20.2 Å². The number of ether oxygens (including phenoxy) is 2.